The highest BCUT2D eigenvalue weighted by Crippen LogP contribution is 2.22. The molecule has 0 saturated carbocycles. The smallest absolute Gasteiger partial charge is 0.284 e. The third kappa shape index (κ3) is 4.90. The fourth-order valence-corrected chi connectivity index (χ4v) is 3.37. The number of thiazole rings is 1. The maximum atomic E-state index is 12.4. The number of aliphatic hydroxyl groups excluding tert-OH is 1. The van der Waals surface area contributed by atoms with Crippen molar-refractivity contribution < 1.29 is 14.7 Å². The molecule has 3 rings (SSSR count). The third-order valence-corrected chi connectivity index (χ3v) is 4.97. The van der Waals surface area contributed by atoms with E-state index in [-0.39, 0.29) is 24.8 Å². The fourth-order valence-electron chi connectivity index (χ4n) is 2.51. The standard InChI is InChI=1S/C20H21N3O3S/c1-20(2,12-24)23-17(25)11-13-7-9-14(10-8-13)21-18(26)19-22-15-5-3-4-6-16(15)27-19/h3-10,24H,11-12H2,1-2H3,(H,21,26)(H,23,25). The number of hydrogen-bond donors (Lipinski definition) is 3. The predicted octanol–water partition coefficient (Wildman–Crippen LogP) is 2.98. The van der Waals surface area contributed by atoms with Gasteiger partial charge in [0.05, 0.1) is 28.8 Å². The van der Waals surface area contributed by atoms with Crippen molar-refractivity contribution in [1.29, 1.82) is 0 Å². The van der Waals surface area contributed by atoms with Crippen LogP contribution in [0, 0.1) is 0 Å². The first-order valence-electron chi connectivity index (χ1n) is 8.54. The Morgan fingerprint density at radius 1 is 1.11 bits per heavy atom. The van der Waals surface area contributed by atoms with Gasteiger partial charge in [-0.05, 0) is 43.7 Å². The SMILES string of the molecule is CC(C)(CO)NC(=O)Cc1ccc(NC(=O)c2nc3ccccc3s2)cc1. The van der Waals surface area contributed by atoms with Gasteiger partial charge in [0.1, 0.15) is 0 Å². The zero-order valence-corrected chi connectivity index (χ0v) is 16.0. The molecule has 0 fully saturated rings. The van der Waals surface area contributed by atoms with Crippen molar-refractivity contribution in [2.75, 3.05) is 11.9 Å². The van der Waals surface area contributed by atoms with Gasteiger partial charge in [-0.3, -0.25) is 9.59 Å². The maximum Gasteiger partial charge on any atom is 0.284 e. The first kappa shape index (κ1) is 19.0. The van der Waals surface area contributed by atoms with Crippen LogP contribution in [-0.2, 0) is 11.2 Å². The summed E-state index contributed by atoms with van der Waals surface area (Å²) >= 11 is 1.35. The zero-order valence-electron chi connectivity index (χ0n) is 15.2. The van der Waals surface area contributed by atoms with Crippen molar-refractivity contribution in [2.24, 2.45) is 0 Å². The van der Waals surface area contributed by atoms with Crippen LogP contribution in [0.2, 0.25) is 0 Å². The Bertz CT molecular complexity index is 931. The number of carbonyl (C=O) groups excluding carboxylic acids is 2. The van der Waals surface area contributed by atoms with Gasteiger partial charge in [0.15, 0.2) is 5.01 Å². The lowest BCUT2D eigenvalue weighted by Crippen LogP contribution is -2.46. The van der Waals surface area contributed by atoms with E-state index in [0.29, 0.717) is 10.7 Å². The molecule has 2 aromatic carbocycles. The van der Waals surface area contributed by atoms with E-state index in [2.05, 4.69) is 15.6 Å². The molecule has 0 unspecified atom stereocenters. The number of nitrogens with one attached hydrogen (secondary N) is 2. The molecule has 6 nitrogen and oxygen atoms in total. The van der Waals surface area contributed by atoms with Gasteiger partial charge in [0.2, 0.25) is 5.91 Å². The van der Waals surface area contributed by atoms with E-state index in [0.717, 1.165) is 15.8 Å². The highest BCUT2D eigenvalue weighted by molar-refractivity contribution is 7.20. The first-order valence-corrected chi connectivity index (χ1v) is 9.36. The van der Waals surface area contributed by atoms with Crippen LogP contribution in [0.1, 0.15) is 29.2 Å². The topological polar surface area (TPSA) is 91.3 Å². The minimum Gasteiger partial charge on any atom is -0.394 e. The quantitative estimate of drug-likeness (QED) is 0.610. The summed E-state index contributed by atoms with van der Waals surface area (Å²) in [4.78, 5) is 28.7. The van der Waals surface area contributed by atoms with Gasteiger partial charge >= 0.3 is 0 Å². The molecule has 1 heterocycles. The summed E-state index contributed by atoms with van der Waals surface area (Å²) in [6, 6.07) is 14.7. The highest BCUT2D eigenvalue weighted by Gasteiger charge is 2.19. The summed E-state index contributed by atoms with van der Waals surface area (Å²) in [6.07, 6.45) is 0.204. The third-order valence-electron chi connectivity index (χ3n) is 3.94. The van der Waals surface area contributed by atoms with E-state index in [1.165, 1.54) is 11.3 Å². The van der Waals surface area contributed by atoms with Crippen molar-refractivity contribution in [3.05, 3.63) is 59.1 Å². The molecular weight excluding hydrogens is 362 g/mol. The molecular formula is C20H21N3O3S. The summed E-state index contributed by atoms with van der Waals surface area (Å²) in [7, 11) is 0. The van der Waals surface area contributed by atoms with Gasteiger partial charge in [0, 0.05) is 5.69 Å². The van der Waals surface area contributed by atoms with Crippen molar-refractivity contribution in [1.82, 2.24) is 10.3 Å². The number of benzene rings is 2. The molecule has 0 bridgehead atoms. The lowest BCUT2D eigenvalue weighted by molar-refractivity contribution is -0.122. The molecule has 0 aliphatic carbocycles. The van der Waals surface area contributed by atoms with Crippen molar-refractivity contribution in [3.63, 3.8) is 0 Å². The Morgan fingerprint density at radius 2 is 1.81 bits per heavy atom. The summed E-state index contributed by atoms with van der Waals surface area (Å²) in [5.41, 5.74) is 1.61. The Morgan fingerprint density at radius 3 is 2.48 bits per heavy atom. The van der Waals surface area contributed by atoms with Gasteiger partial charge < -0.3 is 15.7 Å². The predicted molar refractivity (Wildman–Crippen MR) is 107 cm³/mol. The van der Waals surface area contributed by atoms with Gasteiger partial charge in [-0.15, -0.1) is 11.3 Å². The van der Waals surface area contributed by atoms with Gasteiger partial charge in [-0.1, -0.05) is 24.3 Å². The Labute approximate surface area is 161 Å². The van der Waals surface area contributed by atoms with Gasteiger partial charge in [-0.25, -0.2) is 4.98 Å². The molecule has 27 heavy (non-hydrogen) atoms. The number of amides is 2. The second-order valence-electron chi connectivity index (χ2n) is 6.90. The molecule has 140 valence electrons. The van der Waals surface area contributed by atoms with E-state index in [4.69, 9.17) is 0 Å². The van der Waals surface area contributed by atoms with Crippen molar-refractivity contribution in [3.8, 4) is 0 Å². The van der Waals surface area contributed by atoms with Gasteiger partial charge in [0.25, 0.3) is 5.91 Å². The average Bonchev–Trinajstić information content (AvgIpc) is 3.07. The Kier molecular flexibility index (Phi) is 5.53. The van der Waals surface area contributed by atoms with E-state index in [1.54, 1.807) is 38.1 Å². The summed E-state index contributed by atoms with van der Waals surface area (Å²) in [6.45, 7) is 3.38. The second kappa shape index (κ2) is 7.85. The molecule has 0 saturated heterocycles. The average molecular weight is 383 g/mol. The monoisotopic (exact) mass is 383 g/mol. The van der Waals surface area contributed by atoms with Crippen LogP contribution in [0.25, 0.3) is 10.2 Å². The fraction of sp³-hybridized carbons (Fsp3) is 0.250. The van der Waals surface area contributed by atoms with Crippen LogP contribution in [0.4, 0.5) is 5.69 Å². The number of aliphatic hydroxyl groups is 1. The van der Waals surface area contributed by atoms with Crippen LogP contribution >= 0.6 is 11.3 Å². The molecule has 3 aromatic rings. The van der Waals surface area contributed by atoms with E-state index >= 15 is 0 Å². The number of aromatic nitrogens is 1. The number of anilines is 1. The number of hydrogen-bond acceptors (Lipinski definition) is 5. The van der Waals surface area contributed by atoms with Crippen molar-refractivity contribution in [2.45, 2.75) is 25.8 Å². The van der Waals surface area contributed by atoms with Crippen molar-refractivity contribution >= 4 is 39.1 Å². The summed E-state index contributed by atoms with van der Waals surface area (Å²) in [5.74, 6) is -0.424. The second-order valence-corrected chi connectivity index (χ2v) is 7.94. The minimum absolute atomic E-state index is 0.129. The lowest BCUT2D eigenvalue weighted by atomic mass is 10.1. The van der Waals surface area contributed by atoms with E-state index in [9.17, 15) is 14.7 Å². The first-order chi connectivity index (χ1) is 12.9. The number of fused-ring (bicyclic) bond motifs is 1. The molecule has 2 amide bonds. The normalized spacial score (nSPS) is 11.4. The van der Waals surface area contributed by atoms with Crippen LogP contribution in [0.3, 0.4) is 0 Å². The lowest BCUT2D eigenvalue weighted by Gasteiger charge is -2.23. The molecule has 0 atom stereocenters. The number of carbonyl (C=O) groups is 2. The molecule has 0 aliphatic heterocycles. The van der Waals surface area contributed by atoms with E-state index in [1.807, 2.05) is 24.3 Å². The number of para-hydroxylation sites is 1. The van der Waals surface area contributed by atoms with E-state index < -0.39 is 5.54 Å². The largest absolute Gasteiger partial charge is 0.394 e. The number of nitrogens with zero attached hydrogens (tertiary/aromatic N) is 1. The number of rotatable bonds is 6. The highest BCUT2D eigenvalue weighted by atomic mass is 32.1. The maximum absolute atomic E-state index is 12.4. The summed E-state index contributed by atoms with van der Waals surface area (Å²) in [5, 5.41) is 15.2. The van der Waals surface area contributed by atoms with Crippen LogP contribution < -0.4 is 10.6 Å². The molecule has 3 N–H and O–H groups in total. The molecule has 0 spiro atoms. The zero-order chi connectivity index (χ0) is 19.4. The Hall–Kier alpha value is -2.77. The summed E-state index contributed by atoms with van der Waals surface area (Å²) < 4.78 is 0.967. The molecule has 0 aliphatic rings. The van der Waals surface area contributed by atoms with Crippen LogP contribution in [-0.4, -0.2) is 34.1 Å². The molecule has 0 radical (unpaired) electrons. The van der Waals surface area contributed by atoms with Crippen LogP contribution in [0.15, 0.2) is 48.5 Å². The van der Waals surface area contributed by atoms with Gasteiger partial charge in [-0.2, -0.15) is 0 Å². The van der Waals surface area contributed by atoms with Crippen LogP contribution in [0.5, 0.6) is 0 Å². The molecule has 7 heteroatoms. The minimum atomic E-state index is -0.651. The Balaban J connectivity index is 1.61. The molecule has 1 aromatic heterocycles.